The summed E-state index contributed by atoms with van der Waals surface area (Å²) in [5.41, 5.74) is 2.16. The van der Waals surface area contributed by atoms with Crippen LogP contribution in [0.25, 0.3) is 0 Å². The van der Waals surface area contributed by atoms with Gasteiger partial charge in [0.05, 0.1) is 0 Å². The highest BCUT2D eigenvalue weighted by atomic mass is 19.1. The first kappa shape index (κ1) is 13.8. The molecule has 0 radical (unpaired) electrons. The van der Waals surface area contributed by atoms with E-state index in [2.05, 4.69) is 29.6 Å². The zero-order chi connectivity index (χ0) is 13.3. The SMILES string of the molecule is Fc1ccccc1CCNCCCc1ccccc1. The van der Waals surface area contributed by atoms with Gasteiger partial charge in [-0.2, -0.15) is 0 Å². The maximum Gasteiger partial charge on any atom is 0.126 e. The van der Waals surface area contributed by atoms with Crippen LogP contribution in [0.3, 0.4) is 0 Å². The number of hydrogen-bond acceptors (Lipinski definition) is 1. The molecule has 0 amide bonds. The van der Waals surface area contributed by atoms with Gasteiger partial charge in [-0.05, 0) is 49.5 Å². The van der Waals surface area contributed by atoms with E-state index < -0.39 is 0 Å². The zero-order valence-corrected chi connectivity index (χ0v) is 11.1. The summed E-state index contributed by atoms with van der Waals surface area (Å²) in [5, 5.41) is 3.36. The van der Waals surface area contributed by atoms with Crippen LogP contribution in [0, 0.1) is 5.82 Å². The van der Waals surface area contributed by atoms with Crippen LogP contribution >= 0.6 is 0 Å². The summed E-state index contributed by atoms with van der Waals surface area (Å²) >= 11 is 0. The van der Waals surface area contributed by atoms with Crippen LogP contribution in [0.4, 0.5) is 4.39 Å². The Labute approximate surface area is 114 Å². The first-order chi connectivity index (χ1) is 9.36. The second kappa shape index (κ2) is 7.70. The number of halogens is 1. The van der Waals surface area contributed by atoms with Crippen molar-refractivity contribution in [3.8, 4) is 0 Å². The molecule has 2 heteroatoms. The molecule has 2 rings (SSSR count). The van der Waals surface area contributed by atoms with Gasteiger partial charge >= 0.3 is 0 Å². The maximum absolute atomic E-state index is 13.4. The van der Waals surface area contributed by atoms with Crippen LogP contribution < -0.4 is 5.32 Å². The van der Waals surface area contributed by atoms with Gasteiger partial charge in [-0.3, -0.25) is 0 Å². The molecule has 0 aromatic heterocycles. The summed E-state index contributed by atoms with van der Waals surface area (Å²) in [6.45, 7) is 1.80. The molecule has 0 saturated heterocycles. The van der Waals surface area contributed by atoms with Crippen molar-refractivity contribution in [3.63, 3.8) is 0 Å². The Morgan fingerprint density at radius 3 is 2.32 bits per heavy atom. The zero-order valence-electron chi connectivity index (χ0n) is 11.1. The lowest BCUT2D eigenvalue weighted by molar-refractivity contribution is 0.593. The molecule has 2 aromatic carbocycles. The van der Waals surface area contributed by atoms with E-state index in [-0.39, 0.29) is 5.82 Å². The van der Waals surface area contributed by atoms with Gasteiger partial charge in [0.2, 0.25) is 0 Å². The predicted molar refractivity (Wildman–Crippen MR) is 77.7 cm³/mol. The minimum atomic E-state index is -0.103. The van der Waals surface area contributed by atoms with E-state index in [9.17, 15) is 4.39 Å². The average molecular weight is 257 g/mol. The minimum Gasteiger partial charge on any atom is -0.316 e. The fourth-order valence-electron chi connectivity index (χ4n) is 2.11. The van der Waals surface area contributed by atoms with Crippen molar-refractivity contribution in [2.45, 2.75) is 19.3 Å². The lowest BCUT2D eigenvalue weighted by Crippen LogP contribution is -2.19. The lowest BCUT2D eigenvalue weighted by Gasteiger charge is -2.06. The molecule has 0 bridgehead atoms. The Kier molecular flexibility index (Phi) is 5.57. The molecular formula is C17H20FN. The largest absolute Gasteiger partial charge is 0.316 e. The van der Waals surface area contributed by atoms with Crippen molar-refractivity contribution >= 4 is 0 Å². The second-order valence-electron chi connectivity index (χ2n) is 4.68. The standard InChI is InChI=1S/C17H20FN/c18-17-11-5-4-10-16(17)12-14-19-13-6-9-15-7-2-1-3-8-15/h1-5,7-8,10-11,19H,6,9,12-14H2. The number of benzene rings is 2. The topological polar surface area (TPSA) is 12.0 Å². The third-order valence-electron chi connectivity index (χ3n) is 3.19. The van der Waals surface area contributed by atoms with Crippen LogP contribution in [0.5, 0.6) is 0 Å². The van der Waals surface area contributed by atoms with E-state index in [0.29, 0.717) is 0 Å². The fraction of sp³-hybridized carbons (Fsp3) is 0.294. The first-order valence-corrected chi connectivity index (χ1v) is 6.84. The van der Waals surface area contributed by atoms with Gasteiger partial charge in [0.25, 0.3) is 0 Å². The molecule has 0 atom stereocenters. The molecule has 0 heterocycles. The van der Waals surface area contributed by atoms with Crippen molar-refractivity contribution in [1.82, 2.24) is 5.32 Å². The summed E-state index contributed by atoms with van der Waals surface area (Å²) in [5.74, 6) is -0.103. The number of rotatable bonds is 7. The number of hydrogen-bond donors (Lipinski definition) is 1. The van der Waals surface area contributed by atoms with E-state index in [0.717, 1.165) is 37.9 Å². The van der Waals surface area contributed by atoms with Gasteiger partial charge in [-0.15, -0.1) is 0 Å². The highest BCUT2D eigenvalue weighted by molar-refractivity contribution is 5.17. The predicted octanol–water partition coefficient (Wildman–Crippen LogP) is 3.59. The molecule has 0 saturated carbocycles. The van der Waals surface area contributed by atoms with Crippen molar-refractivity contribution in [1.29, 1.82) is 0 Å². The lowest BCUT2D eigenvalue weighted by atomic mass is 10.1. The molecule has 0 spiro atoms. The maximum atomic E-state index is 13.4. The molecule has 0 aliphatic rings. The third-order valence-corrected chi connectivity index (χ3v) is 3.19. The normalized spacial score (nSPS) is 10.6. The fourth-order valence-corrected chi connectivity index (χ4v) is 2.11. The molecular weight excluding hydrogens is 237 g/mol. The summed E-state index contributed by atoms with van der Waals surface area (Å²) in [6.07, 6.45) is 2.95. The Hall–Kier alpha value is -1.67. The smallest absolute Gasteiger partial charge is 0.126 e. The molecule has 0 fully saturated rings. The first-order valence-electron chi connectivity index (χ1n) is 6.84. The second-order valence-corrected chi connectivity index (χ2v) is 4.68. The molecule has 0 aliphatic heterocycles. The highest BCUT2D eigenvalue weighted by Gasteiger charge is 1.99. The highest BCUT2D eigenvalue weighted by Crippen LogP contribution is 2.06. The van der Waals surface area contributed by atoms with E-state index in [1.54, 1.807) is 6.07 Å². The summed E-state index contributed by atoms with van der Waals surface area (Å²) in [6, 6.07) is 17.5. The Bertz CT molecular complexity index is 482. The summed E-state index contributed by atoms with van der Waals surface area (Å²) < 4.78 is 13.4. The Morgan fingerprint density at radius 1 is 0.789 bits per heavy atom. The molecule has 19 heavy (non-hydrogen) atoms. The van der Waals surface area contributed by atoms with Gasteiger partial charge in [0.15, 0.2) is 0 Å². The average Bonchev–Trinajstić information content (AvgIpc) is 2.45. The van der Waals surface area contributed by atoms with Crippen LogP contribution in [0.2, 0.25) is 0 Å². The van der Waals surface area contributed by atoms with E-state index in [1.165, 1.54) is 11.6 Å². The Balaban J connectivity index is 1.59. The summed E-state index contributed by atoms with van der Waals surface area (Å²) in [4.78, 5) is 0. The Morgan fingerprint density at radius 2 is 1.53 bits per heavy atom. The number of aryl methyl sites for hydroxylation is 1. The van der Waals surface area contributed by atoms with Crippen LogP contribution in [0.15, 0.2) is 54.6 Å². The number of nitrogens with one attached hydrogen (secondary N) is 1. The van der Waals surface area contributed by atoms with Crippen molar-refractivity contribution in [2.24, 2.45) is 0 Å². The van der Waals surface area contributed by atoms with Crippen LogP contribution in [0.1, 0.15) is 17.5 Å². The van der Waals surface area contributed by atoms with Gasteiger partial charge in [-0.25, -0.2) is 4.39 Å². The molecule has 1 N–H and O–H groups in total. The van der Waals surface area contributed by atoms with Gasteiger partial charge in [0, 0.05) is 0 Å². The van der Waals surface area contributed by atoms with Gasteiger partial charge in [-0.1, -0.05) is 48.5 Å². The van der Waals surface area contributed by atoms with E-state index >= 15 is 0 Å². The molecule has 0 aliphatic carbocycles. The molecule has 0 unspecified atom stereocenters. The third kappa shape index (κ3) is 4.84. The quantitative estimate of drug-likeness (QED) is 0.747. The van der Waals surface area contributed by atoms with Crippen LogP contribution in [-0.2, 0) is 12.8 Å². The minimum absolute atomic E-state index is 0.103. The molecule has 1 nitrogen and oxygen atoms in total. The molecule has 100 valence electrons. The van der Waals surface area contributed by atoms with Crippen molar-refractivity contribution in [3.05, 3.63) is 71.5 Å². The van der Waals surface area contributed by atoms with Crippen LogP contribution in [-0.4, -0.2) is 13.1 Å². The monoisotopic (exact) mass is 257 g/mol. The van der Waals surface area contributed by atoms with E-state index in [1.807, 2.05) is 18.2 Å². The van der Waals surface area contributed by atoms with Crippen molar-refractivity contribution in [2.75, 3.05) is 13.1 Å². The molecule has 2 aromatic rings. The summed E-state index contributed by atoms with van der Waals surface area (Å²) in [7, 11) is 0. The van der Waals surface area contributed by atoms with E-state index in [4.69, 9.17) is 0 Å². The van der Waals surface area contributed by atoms with Gasteiger partial charge < -0.3 is 5.32 Å². The van der Waals surface area contributed by atoms with Crippen molar-refractivity contribution < 1.29 is 4.39 Å². The van der Waals surface area contributed by atoms with Gasteiger partial charge in [0.1, 0.15) is 5.82 Å².